The number of halogens is 1. The third kappa shape index (κ3) is 2.74. The number of aromatic amines is 1. The lowest BCUT2D eigenvalue weighted by atomic mass is 9.90. The van der Waals surface area contributed by atoms with Crippen LogP contribution < -0.4 is 0 Å². The highest BCUT2D eigenvalue weighted by Gasteiger charge is 2.42. The van der Waals surface area contributed by atoms with E-state index in [4.69, 9.17) is 21.1 Å². The second-order valence-electron chi connectivity index (χ2n) is 5.88. The van der Waals surface area contributed by atoms with Crippen molar-refractivity contribution < 1.29 is 14.3 Å². The Labute approximate surface area is 141 Å². The fourth-order valence-corrected chi connectivity index (χ4v) is 3.74. The number of ether oxygens (including phenoxy) is 2. The van der Waals surface area contributed by atoms with Gasteiger partial charge in [0.2, 0.25) is 0 Å². The molecule has 2 aromatic rings. The van der Waals surface area contributed by atoms with Crippen LogP contribution in [0.15, 0.2) is 18.2 Å². The molecular formula is C18H22ClNO3. The van der Waals surface area contributed by atoms with E-state index < -0.39 is 5.60 Å². The first kappa shape index (κ1) is 16.3. The summed E-state index contributed by atoms with van der Waals surface area (Å²) in [5, 5.41) is 1.21. The van der Waals surface area contributed by atoms with Crippen molar-refractivity contribution in [1.29, 1.82) is 0 Å². The number of alkyl halides is 1. The Bertz CT molecular complexity index is 724. The van der Waals surface area contributed by atoms with Crippen molar-refractivity contribution >= 4 is 28.5 Å². The standard InChI is InChI=1S/C18H22ClNO3/c1-3-12-6-5-7-13-14-8-9-23-18(11-19,10-15(21)22-4-2)17(14)20-16(12)13/h5-7,20H,3-4,8-11H2,1-2H3. The molecule has 0 spiro atoms. The Kier molecular flexibility index (Phi) is 4.64. The summed E-state index contributed by atoms with van der Waals surface area (Å²) in [7, 11) is 0. The van der Waals surface area contributed by atoms with E-state index in [0.717, 1.165) is 24.1 Å². The molecule has 3 rings (SSSR count). The van der Waals surface area contributed by atoms with E-state index in [1.807, 2.05) is 0 Å². The molecule has 1 aromatic carbocycles. The van der Waals surface area contributed by atoms with Gasteiger partial charge in [0.05, 0.1) is 31.2 Å². The van der Waals surface area contributed by atoms with Gasteiger partial charge >= 0.3 is 5.97 Å². The summed E-state index contributed by atoms with van der Waals surface area (Å²) in [5.74, 6) is -0.0667. The van der Waals surface area contributed by atoms with E-state index in [9.17, 15) is 4.79 Å². The zero-order chi connectivity index (χ0) is 16.4. The summed E-state index contributed by atoms with van der Waals surface area (Å²) in [5.41, 5.74) is 3.71. The third-order valence-electron chi connectivity index (χ3n) is 4.55. The number of carbonyl (C=O) groups is 1. The molecule has 0 radical (unpaired) electrons. The minimum atomic E-state index is -0.828. The fraction of sp³-hybridized carbons (Fsp3) is 0.500. The van der Waals surface area contributed by atoms with Crippen LogP contribution >= 0.6 is 11.6 Å². The summed E-state index contributed by atoms with van der Waals surface area (Å²) in [6, 6.07) is 6.33. The van der Waals surface area contributed by atoms with Crippen molar-refractivity contribution in [3.63, 3.8) is 0 Å². The van der Waals surface area contributed by atoms with Gasteiger partial charge in [-0.2, -0.15) is 0 Å². The largest absolute Gasteiger partial charge is 0.466 e. The molecule has 2 heterocycles. The van der Waals surface area contributed by atoms with E-state index in [1.54, 1.807) is 6.92 Å². The topological polar surface area (TPSA) is 51.3 Å². The number of hydrogen-bond acceptors (Lipinski definition) is 3. The predicted octanol–water partition coefficient (Wildman–Crippen LogP) is 3.69. The maximum absolute atomic E-state index is 12.0. The monoisotopic (exact) mass is 335 g/mol. The number of aryl methyl sites for hydroxylation is 1. The van der Waals surface area contributed by atoms with E-state index in [0.29, 0.717) is 13.2 Å². The molecule has 23 heavy (non-hydrogen) atoms. The zero-order valence-corrected chi connectivity index (χ0v) is 14.3. The van der Waals surface area contributed by atoms with Crippen molar-refractivity contribution in [2.45, 2.75) is 38.7 Å². The van der Waals surface area contributed by atoms with E-state index in [2.05, 4.69) is 30.1 Å². The lowest BCUT2D eigenvalue weighted by molar-refractivity contribution is -0.152. The summed E-state index contributed by atoms with van der Waals surface area (Å²) in [4.78, 5) is 15.6. The van der Waals surface area contributed by atoms with Crippen LogP contribution in [0, 0.1) is 0 Å². The second-order valence-corrected chi connectivity index (χ2v) is 6.15. The lowest BCUT2D eigenvalue weighted by Crippen LogP contribution is -2.40. The number of carbonyl (C=O) groups excluding carboxylic acids is 1. The predicted molar refractivity (Wildman–Crippen MR) is 91.0 cm³/mol. The van der Waals surface area contributed by atoms with Gasteiger partial charge in [0.1, 0.15) is 5.60 Å². The highest BCUT2D eigenvalue weighted by Crippen LogP contribution is 2.41. The molecule has 1 unspecified atom stereocenters. The smallest absolute Gasteiger partial charge is 0.309 e. The average molecular weight is 336 g/mol. The number of esters is 1. The first-order valence-corrected chi connectivity index (χ1v) is 8.67. The van der Waals surface area contributed by atoms with Crippen LogP contribution in [0.25, 0.3) is 10.9 Å². The Morgan fingerprint density at radius 3 is 2.96 bits per heavy atom. The maximum Gasteiger partial charge on any atom is 0.309 e. The number of aromatic nitrogens is 1. The van der Waals surface area contributed by atoms with Crippen LogP contribution in [0.5, 0.6) is 0 Å². The third-order valence-corrected chi connectivity index (χ3v) is 4.98. The van der Waals surface area contributed by atoms with Gasteiger partial charge in [-0.1, -0.05) is 25.1 Å². The highest BCUT2D eigenvalue weighted by molar-refractivity contribution is 6.18. The van der Waals surface area contributed by atoms with E-state index >= 15 is 0 Å². The average Bonchev–Trinajstić information content (AvgIpc) is 2.95. The first-order chi connectivity index (χ1) is 11.1. The number of benzene rings is 1. The SMILES string of the molecule is CCOC(=O)CC1(CCl)OCCc2c1[nH]c1c(CC)cccc21. The molecule has 1 atom stereocenters. The van der Waals surface area contributed by atoms with Crippen LogP contribution in [-0.4, -0.2) is 30.0 Å². The maximum atomic E-state index is 12.0. The van der Waals surface area contributed by atoms with Crippen LogP contribution in [0.2, 0.25) is 0 Å². The van der Waals surface area contributed by atoms with Crippen molar-refractivity contribution in [2.24, 2.45) is 0 Å². The van der Waals surface area contributed by atoms with Gasteiger partial charge in [-0.05, 0) is 30.9 Å². The van der Waals surface area contributed by atoms with Crippen molar-refractivity contribution in [3.8, 4) is 0 Å². The minimum absolute atomic E-state index is 0.131. The summed E-state index contributed by atoms with van der Waals surface area (Å²) < 4.78 is 11.1. The molecule has 1 N–H and O–H groups in total. The second kappa shape index (κ2) is 6.54. The van der Waals surface area contributed by atoms with Crippen LogP contribution in [0.1, 0.15) is 37.1 Å². The Morgan fingerprint density at radius 2 is 2.26 bits per heavy atom. The van der Waals surface area contributed by atoms with Crippen LogP contribution in [-0.2, 0) is 32.7 Å². The molecule has 0 fully saturated rings. The van der Waals surface area contributed by atoms with Crippen LogP contribution in [0.3, 0.4) is 0 Å². The molecule has 0 saturated heterocycles. The number of hydrogen-bond donors (Lipinski definition) is 1. The summed E-state index contributed by atoms with van der Waals surface area (Å²) in [6.07, 6.45) is 1.90. The van der Waals surface area contributed by atoms with E-state index in [1.165, 1.54) is 16.5 Å². The fourth-order valence-electron chi connectivity index (χ4n) is 3.44. The number of rotatable bonds is 5. The number of fused-ring (bicyclic) bond motifs is 3. The van der Waals surface area contributed by atoms with Gasteiger partial charge in [-0.25, -0.2) is 0 Å². The molecule has 1 aliphatic rings. The molecular weight excluding hydrogens is 314 g/mol. The highest BCUT2D eigenvalue weighted by atomic mass is 35.5. The number of H-pyrrole nitrogens is 1. The molecule has 124 valence electrons. The normalized spacial score (nSPS) is 20.5. The van der Waals surface area contributed by atoms with Crippen LogP contribution in [0.4, 0.5) is 0 Å². The molecule has 0 saturated carbocycles. The lowest BCUT2D eigenvalue weighted by Gasteiger charge is -2.35. The van der Waals surface area contributed by atoms with Gasteiger partial charge in [0.25, 0.3) is 0 Å². The summed E-state index contributed by atoms with van der Waals surface area (Å²) >= 11 is 6.26. The van der Waals surface area contributed by atoms with Gasteiger partial charge in [-0.3, -0.25) is 4.79 Å². The Morgan fingerprint density at radius 1 is 1.43 bits per heavy atom. The number of nitrogens with one attached hydrogen (secondary N) is 1. The number of para-hydroxylation sites is 1. The molecule has 0 bridgehead atoms. The summed E-state index contributed by atoms with van der Waals surface area (Å²) in [6.45, 7) is 4.85. The van der Waals surface area contributed by atoms with Gasteiger partial charge < -0.3 is 14.5 Å². The molecule has 5 heteroatoms. The molecule has 1 aromatic heterocycles. The molecule has 0 amide bonds. The molecule has 4 nitrogen and oxygen atoms in total. The van der Waals surface area contributed by atoms with Gasteiger partial charge in [-0.15, -0.1) is 11.6 Å². The molecule has 0 aliphatic carbocycles. The van der Waals surface area contributed by atoms with Crippen molar-refractivity contribution in [1.82, 2.24) is 4.98 Å². The van der Waals surface area contributed by atoms with Gasteiger partial charge in [0, 0.05) is 10.9 Å². The zero-order valence-electron chi connectivity index (χ0n) is 13.6. The first-order valence-electron chi connectivity index (χ1n) is 8.13. The Balaban J connectivity index is 2.12. The van der Waals surface area contributed by atoms with Gasteiger partial charge in [0.15, 0.2) is 0 Å². The Hall–Kier alpha value is -1.52. The minimum Gasteiger partial charge on any atom is -0.466 e. The van der Waals surface area contributed by atoms with Crippen molar-refractivity contribution in [2.75, 3.05) is 19.1 Å². The van der Waals surface area contributed by atoms with E-state index in [-0.39, 0.29) is 18.3 Å². The molecule has 1 aliphatic heterocycles. The quantitative estimate of drug-likeness (QED) is 0.669. The van der Waals surface area contributed by atoms with Crippen molar-refractivity contribution in [3.05, 3.63) is 35.0 Å².